The van der Waals surface area contributed by atoms with E-state index in [0.29, 0.717) is 28.9 Å². The zero-order valence-corrected chi connectivity index (χ0v) is 12.6. The Bertz CT molecular complexity index is 589. The van der Waals surface area contributed by atoms with E-state index in [1.54, 1.807) is 6.92 Å². The Morgan fingerprint density at radius 1 is 1.37 bits per heavy atom. The minimum Gasteiger partial charge on any atom is -0.324 e. The molecule has 0 saturated carbocycles. The van der Waals surface area contributed by atoms with Crippen LogP contribution in [0.3, 0.4) is 0 Å². The predicted molar refractivity (Wildman–Crippen MR) is 78.2 cm³/mol. The van der Waals surface area contributed by atoms with Crippen LogP contribution in [0, 0.1) is 18.7 Å². The first-order valence-corrected chi connectivity index (χ1v) is 7.26. The molecule has 0 spiro atoms. The van der Waals surface area contributed by atoms with Crippen LogP contribution in [-0.2, 0) is 5.88 Å². The van der Waals surface area contributed by atoms with Crippen LogP contribution in [0.4, 0.5) is 4.39 Å². The van der Waals surface area contributed by atoms with Crippen LogP contribution in [0.15, 0.2) is 12.1 Å². The summed E-state index contributed by atoms with van der Waals surface area (Å²) in [5.41, 5.74) is 2.32. The molecule has 2 aromatic rings. The van der Waals surface area contributed by atoms with E-state index in [4.69, 9.17) is 11.6 Å². The zero-order valence-electron chi connectivity index (χ0n) is 11.9. The standard InChI is InChI=1S/C15H20ClFN2/c1-5-13(9(2)3)19-14-6-10(4)11(17)7-12(14)18-15(19)8-16/h6-7,9,13H,5,8H2,1-4H3. The molecule has 4 heteroatoms. The van der Waals surface area contributed by atoms with E-state index in [9.17, 15) is 4.39 Å². The average Bonchev–Trinajstić information content (AvgIpc) is 2.69. The first-order chi connectivity index (χ1) is 8.99. The lowest BCUT2D eigenvalue weighted by molar-refractivity contribution is 0.367. The summed E-state index contributed by atoms with van der Waals surface area (Å²) in [6.07, 6.45) is 1.00. The summed E-state index contributed by atoms with van der Waals surface area (Å²) in [6.45, 7) is 8.32. The van der Waals surface area contributed by atoms with Gasteiger partial charge in [0.1, 0.15) is 11.6 Å². The molecule has 1 aromatic carbocycles. The van der Waals surface area contributed by atoms with Gasteiger partial charge >= 0.3 is 0 Å². The topological polar surface area (TPSA) is 17.8 Å². The third-order valence-electron chi connectivity index (χ3n) is 3.68. The van der Waals surface area contributed by atoms with Crippen molar-refractivity contribution in [3.05, 3.63) is 29.3 Å². The maximum absolute atomic E-state index is 13.7. The van der Waals surface area contributed by atoms with Crippen molar-refractivity contribution in [1.29, 1.82) is 0 Å². The van der Waals surface area contributed by atoms with Crippen LogP contribution >= 0.6 is 11.6 Å². The number of aromatic nitrogens is 2. The van der Waals surface area contributed by atoms with Gasteiger partial charge in [0.25, 0.3) is 0 Å². The van der Waals surface area contributed by atoms with E-state index >= 15 is 0 Å². The Hall–Kier alpha value is -1.09. The van der Waals surface area contributed by atoms with Crippen molar-refractivity contribution < 1.29 is 4.39 Å². The van der Waals surface area contributed by atoms with Crippen LogP contribution in [-0.4, -0.2) is 9.55 Å². The van der Waals surface area contributed by atoms with E-state index in [0.717, 1.165) is 17.8 Å². The van der Waals surface area contributed by atoms with Gasteiger partial charge in [-0.15, -0.1) is 11.6 Å². The molecule has 0 amide bonds. The van der Waals surface area contributed by atoms with Gasteiger partial charge in [-0.2, -0.15) is 0 Å². The smallest absolute Gasteiger partial charge is 0.128 e. The summed E-state index contributed by atoms with van der Waals surface area (Å²) in [6, 6.07) is 3.71. The van der Waals surface area contributed by atoms with Crippen molar-refractivity contribution in [2.24, 2.45) is 5.92 Å². The minimum atomic E-state index is -0.212. The highest BCUT2D eigenvalue weighted by Crippen LogP contribution is 2.30. The van der Waals surface area contributed by atoms with Gasteiger partial charge in [0.15, 0.2) is 0 Å². The molecule has 0 saturated heterocycles. The van der Waals surface area contributed by atoms with Gasteiger partial charge in [-0.25, -0.2) is 9.37 Å². The molecule has 2 rings (SSSR count). The van der Waals surface area contributed by atoms with Gasteiger partial charge in [-0.1, -0.05) is 20.8 Å². The Labute approximate surface area is 118 Å². The van der Waals surface area contributed by atoms with Crippen LogP contribution in [0.25, 0.3) is 11.0 Å². The van der Waals surface area contributed by atoms with Crippen LogP contribution < -0.4 is 0 Å². The second kappa shape index (κ2) is 5.49. The maximum atomic E-state index is 13.7. The van der Waals surface area contributed by atoms with Crippen molar-refractivity contribution in [2.75, 3.05) is 0 Å². The van der Waals surface area contributed by atoms with Crippen LogP contribution in [0.2, 0.25) is 0 Å². The fourth-order valence-corrected chi connectivity index (χ4v) is 2.88. The third kappa shape index (κ3) is 2.48. The molecule has 0 aliphatic carbocycles. The number of nitrogens with zero attached hydrogens (tertiary/aromatic N) is 2. The molecular formula is C15H20ClFN2. The van der Waals surface area contributed by atoms with Gasteiger partial charge in [-0.3, -0.25) is 0 Å². The minimum absolute atomic E-state index is 0.212. The summed E-state index contributed by atoms with van der Waals surface area (Å²) in [7, 11) is 0. The molecule has 19 heavy (non-hydrogen) atoms. The number of aryl methyl sites for hydroxylation is 1. The fourth-order valence-electron chi connectivity index (χ4n) is 2.69. The predicted octanol–water partition coefficient (Wildman–Crippen LogP) is 4.83. The summed E-state index contributed by atoms with van der Waals surface area (Å²) < 4.78 is 15.8. The number of hydrogen-bond acceptors (Lipinski definition) is 1. The Morgan fingerprint density at radius 2 is 2.05 bits per heavy atom. The van der Waals surface area contributed by atoms with E-state index in [1.165, 1.54) is 6.07 Å². The normalized spacial score (nSPS) is 13.4. The first-order valence-electron chi connectivity index (χ1n) is 6.72. The van der Waals surface area contributed by atoms with Crippen LogP contribution in [0.1, 0.15) is 44.6 Å². The fraction of sp³-hybridized carbons (Fsp3) is 0.533. The average molecular weight is 283 g/mol. The number of benzene rings is 1. The number of rotatable bonds is 4. The molecule has 0 radical (unpaired) electrons. The van der Waals surface area contributed by atoms with Gasteiger partial charge in [0, 0.05) is 12.1 Å². The monoisotopic (exact) mass is 282 g/mol. The van der Waals surface area contributed by atoms with Crippen molar-refractivity contribution >= 4 is 22.6 Å². The molecule has 0 fully saturated rings. The summed E-state index contributed by atoms with van der Waals surface area (Å²) >= 11 is 6.01. The molecule has 1 aromatic heterocycles. The van der Waals surface area contributed by atoms with E-state index in [-0.39, 0.29) is 5.82 Å². The highest BCUT2D eigenvalue weighted by Gasteiger charge is 2.21. The molecule has 0 N–H and O–H groups in total. The molecule has 104 valence electrons. The number of halogens is 2. The van der Waals surface area contributed by atoms with Crippen molar-refractivity contribution in [3.63, 3.8) is 0 Å². The highest BCUT2D eigenvalue weighted by atomic mass is 35.5. The molecule has 0 aliphatic rings. The van der Waals surface area contributed by atoms with Gasteiger partial charge < -0.3 is 4.57 Å². The molecule has 2 nitrogen and oxygen atoms in total. The molecule has 1 heterocycles. The largest absolute Gasteiger partial charge is 0.324 e. The van der Waals surface area contributed by atoms with Crippen molar-refractivity contribution in [1.82, 2.24) is 9.55 Å². The summed E-state index contributed by atoms with van der Waals surface area (Å²) in [4.78, 5) is 4.48. The van der Waals surface area contributed by atoms with Gasteiger partial charge in [0.2, 0.25) is 0 Å². The molecule has 1 atom stereocenters. The maximum Gasteiger partial charge on any atom is 0.128 e. The number of imidazole rings is 1. The van der Waals surface area contributed by atoms with E-state index < -0.39 is 0 Å². The highest BCUT2D eigenvalue weighted by molar-refractivity contribution is 6.16. The van der Waals surface area contributed by atoms with Crippen LogP contribution in [0.5, 0.6) is 0 Å². The van der Waals surface area contributed by atoms with E-state index in [1.807, 2.05) is 6.07 Å². The second-order valence-electron chi connectivity index (χ2n) is 5.34. The second-order valence-corrected chi connectivity index (χ2v) is 5.61. The third-order valence-corrected chi connectivity index (χ3v) is 3.92. The number of fused-ring (bicyclic) bond motifs is 1. The Kier molecular flexibility index (Phi) is 4.14. The quantitative estimate of drug-likeness (QED) is 0.735. The van der Waals surface area contributed by atoms with Gasteiger partial charge in [0.05, 0.1) is 16.9 Å². The SMILES string of the molecule is CCC(C(C)C)n1c(CCl)nc2cc(F)c(C)cc21. The molecule has 0 aliphatic heterocycles. The lowest BCUT2D eigenvalue weighted by atomic mass is 10.0. The van der Waals surface area contributed by atoms with Crippen molar-refractivity contribution in [3.8, 4) is 0 Å². The van der Waals surface area contributed by atoms with E-state index in [2.05, 4.69) is 30.3 Å². The summed E-state index contributed by atoms with van der Waals surface area (Å²) in [5, 5.41) is 0. The number of alkyl halides is 1. The van der Waals surface area contributed by atoms with Crippen molar-refractivity contribution in [2.45, 2.75) is 46.0 Å². The van der Waals surface area contributed by atoms with Gasteiger partial charge in [-0.05, 0) is 30.9 Å². The Morgan fingerprint density at radius 3 is 2.58 bits per heavy atom. The zero-order chi connectivity index (χ0) is 14.2. The first kappa shape index (κ1) is 14.3. The summed E-state index contributed by atoms with van der Waals surface area (Å²) in [5.74, 6) is 1.44. The molecular weight excluding hydrogens is 263 g/mol. The molecule has 0 bridgehead atoms. The molecule has 1 unspecified atom stereocenters. The lowest BCUT2D eigenvalue weighted by Crippen LogP contribution is -2.16. The number of hydrogen-bond donors (Lipinski definition) is 0. The lowest BCUT2D eigenvalue weighted by Gasteiger charge is -2.23. The Balaban J connectivity index is 2.72.